The Morgan fingerprint density at radius 3 is 2.59 bits per heavy atom. The van der Waals surface area contributed by atoms with E-state index in [1.165, 1.54) is 0 Å². The first-order valence-corrected chi connectivity index (χ1v) is 7.04. The predicted molar refractivity (Wildman–Crippen MR) is 75.7 cm³/mol. The molecule has 0 radical (unpaired) electrons. The van der Waals surface area contributed by atoms with Gasteiger partial charge in [0.1, 0.15) is 11.8 Å². The Hall–Kier alpha value is -2.02. The summed E-state index contributed by atoms with van der Waals surface area (Å²) in [4.78, 5) is 26.3. The maximum atomic E-state index is 14.0. The van der Waals surface area contributed by atoms with E-state index in [0.717, 1.165) is 0 Å². The van der Waals surface area contributed by atoms with Crippen molar-refractivity contribution in [2.24, 2.45) is 11.0 Å². The van der Waals surface area contributed by atoms with Crippen molar-refractivity contribution in [3.63, 3.8) is 0 Å². The Bertz CT molecular complexity index is 473. The lowest BCUT2D eigenvalue weighted by Gasteiger charge is -2.25. The molecule has 0 aliphatic heterocycles. The van der Waals surface area contributed by atoms with E-state index in [-0.39, 0.29) is 13.0 Å². The van der Waals surface area contributed by atoms with Crippen molar-refractivity contribution in [2.75, 3.05) is 6.61 Å². The molecule has 0 bridgehead atoms. The smallest absolute Gasteiger partial charge is 0.407 e. The highest BCUT2D eigenvalue weighted by Gasteiger charge is 2.48. The summed E-state index contributed by atoms with van der Waals surface area (Å²) < 4.78 is 24.0. The van der Waals surface area contributed by atoms with Gasteiger partial charge < -0.3 is 14.8 Å². The maximum Gasteiger partial charge on any atom is 0.407 e. The Morgan fingerprint density at radius 1 is 1.45 bits per heavy atom. The normalized spacial score (nSPS) is 27.7. The van der Waals surface area contributed by atoms with Crippen LogP contribution in [0.1, 0.15) is 34.1 Å². The summed E-state index contributed by atoms with van der Waals surface area (Å²) in [5.41, 5.74) is 7.80. The fraction of sp³-hybridized carbons (Fsp3) is 0.846. The summed E-state index contributed by atoms with van der Waals surface area (Å²) in [5.74, 6) is -1.56. The summed E-state index contributed by atoms with van der Waals surface area (Å²) in [7, 11) is 0. The van der Waals surface area contributed by atoms with E-state index in [1.807, 2.05) is 0 Å². The first kappa shape index (κ1) is 18.0. The van der Waals surface area contributed by atoms with Crippen LogP contribution >= 0.6 is 0 Å². The highest BCUT2D eigenvalue weighted by Crippen LogP contribution is 2.32. The molecule has 0 unspecified atom stereocenters. The largest absolute Gasteiger partial charge is 0.466 e. The number of carbonyl (C=O) groups excluding carboxylic acids is 2. The number of alkyl halides is 1. The molecule has 0 aromatic heterocycles. The number of carbonyl (C=O) groups is 2. The van der Waals surface area contributed by atoms with Gasteiger partial charge in [-0.2, -0.15) is 0 Å². The number of amides is 1. The standard InChI is InChI=1S/C13H21FN4O4/c1-5-21-11(19)7-6-8(14)10(17-18-15)9(7)16-12(20)22-13(2,3)4/h7-10H,5-6H2,1-4H3,(H,16,20)/t7-,8+,9+,10+/m1/s1. The van der Waals surface area contributed by atoms with Gasteiger partial charge in [0, 0.05) is 4.91 Å². The monoisotopic (exact) mass is 316 g/mol. The summed E-state index contributed by atoms with van der Waals surface area (Å²) in [6.45, 7) is 6.78. The van der Waals surface area contributed by atoms with Crippen LogP contribution in [0.15, 0.2) is 5.11 Å². The van der Waals surface area contributed by atoms with Gasteiger partial charge in [-0.05, 0) is 39.6 Å². The highest BCUT2D eigenvalue weighted by atomic mass is 19.1. The Labute approximate surface area is 128 Å². The summed E-state index contributed by atoms with van der Waals surface area (Å²) >= 11 is 0. The number of nitrogens with one attached hydrogen (secondary N) is 1. The molecule has 22 heavy (non-hydrogen) atoms. The van der Waals surface area contributed by atoms with Crippen molar-refractivity contribution in [3.05, 3.63) is 10.4 Å². The van der Waals surface area contributed by atoms with Crippen LogP contribution in [-0.4, -0.2) is 42.5 Å². The minimum absolute atomic E-state index is 0.137. The van der Waals surface area contributed by atoms with E-state index < -0.39 is 41.8 Å². The molecule has 1 aliphatic rings. The second-order valence-corrected chi connectivity index (χ2v) is 5.98. The van der Waals surface area contributed by atoms with E-state index in [9.17, 15) is 14.0 Å². The fourth-order valence-electron chi connectivity index (χ4n) is 2.32. The number of ether oxygens (including phenoxy) is 2. The van der Waals surface area contributed by atoms with E-state index in [2.05, 4.69) is 15.3 Å². The third-order valence-corrected chi connectivity index (χ3v) is 3.11. The molecule has 124 valence electrons. The first-order chi connectivity index (χ1) is 10.2. The average Bonchev–Trinajstić information content (AvgIpc) is 2.66. The Kier molecular flexibility index (Phi) is 5.99. The van der Waals surface area contributed by atoms with E-state index in [1.54, 1.807) is 27.7 Å². The van der Waals surface area contributed by atoms with Gasteiger partial charge in [-0.15, -0.1) is 0 Å². The number of alkyl carbamates (subject to hydrolysis) is 1. The second-order valence-electron chi connectivity index (χ2n) is 5.98. The molecule has 1 rings (SSSR count). The molecular weight excluding hydrogens is 295 g/mol. The lowest BCUT2D eigenvalue weighted by Crippen LogP contribution is -2.48. The number of azide groups is 1. The number of nitrogens with zero attached hydrogens (tertiary/aromatic N) is 3. The first-order valence-electron chi connectivity index (χ1n) is 7.04. The SMILES string of the molecule is CCOC(=O)[C@@H]1C[C@H](F)[C@H](N=[N+]=[N-])[C@H]1NC(=O)OC(C)(C)C. The molecule has 0 aromatic carbocycles. The van der Waals surface area contributed by atoms with Crippen LogP contribution in [0.4, 0.5) is 9.18 Å². The minimum Gasteiger partial charge on any atom is -0.466 e. The van der Waals surface area contributed by atoms with Crippen molar-refractivity contribution in [1.29, 1.82) is 0 Å². The van der Waals surface area contributed by atoms with Crippen LogP contribution in [0.3, 0.4) is 0 Å². The molecule has 1 amide bonds. The quantitative estimate of drug-likeness (QED) is 0.371. The lowest BCUT2D eigenvalue weighted by molar-refractivity contribution is -0.148. The molecule has 0 spiro atoms. The summed E-state index contributed by atoms with van der Waals surface area (Å²) in [6.07, 6.45) is -2.52. The van der Waals surface area contributed by atoms with Gasteiger partial charge in [0.05, 0.1) is 24.6 Å². The molecule has 1 saturated carbocycles. The van der Waals surface area contributed by atoms with Crippen molar-refractivity contribution in [1.82, 2.24) is 5.32 Å². The molecule has 1 aliphatic carbocycles. The van der Waals surface area contributed by atoms with E-state index >= 15 is 0 Å². The number of halogens is 1. The Balaban J connectivity index is 2.91. The zero-order chi connectivity index (χ0) is 16.9. The highest BCUT2D eigenvalue weighted by molar-refractivity contribution is 5.76. The van der Waals surface area contributed by atoms with Crippen LogP contribution in [0.2, 0.25) is 0 Å². The second kappa shape index (κ2) is 7.31. The number of rotatable bonds is 4. The molecule has 8 nitrogen and oxygen atoms in total. The van der Waals surface area contributed by atoms with Crippen molar-refractivity contribution >= 4 is 12.1 Å². The molecule has 9 heteroatoms. The summed E-state index contributed by atoms with van der Waals surface area (Å²) in [6, 6.07) is -2.17. The fourth-order valence-corrected chi connectivity index (χ4v) is 2.32. The molecule has 0 heterocycles. The average molecular weight is 316 g/mol. The summed E-state index contributed by atoms with van der Waals surface area (Å²) in [5, 5.41) is 5.78. The van der Waals surface area contributed by atoms with Gasteiger partial charge in [-0.1, -0.05) is 5.11 Å². The van der Waals surface area contributed by atoms with Gasteiger partial charge in [-0.25, -0.2) is 9.18 Å². The van der Waals surface area contributed by atoms with Gasteiger partial charge >= 0.3 is 12.1 Å². The van der Waals surface area contributed by atoms with E-state index in [4.69, 9.17) is 15.0 Å². The van der Waals surface area contributed by atoms with E-state index in [0.29, 0.717) is 0 Å². The van der Waals surface area contributed by atoms with Crippen LogP contribution in [-0.2, 0) is 14.3 Å². The zero-order valence-electron chi connectivity index (χ0n) is 13.1. The molecule has 1 fully saturated rings. The third kappa shape index (κ3) is 4.77. The van der Waals surface area contributed by atoms with Crippen LogP contribution in [0, 0.1) is 5.92 Å². The number of hydrogen-bond acceptors (Lipinski definition) is 5. The van der Waals surface area contributed by atoms with Gasteiger partial charge in [0.15, 0.2) is 0 Å². The van der Waals surface area contributed by atoms with Gasteiger partial charge in [0.2, 0.25) is 0 Å². The third-order valence-electron chi connectivity index (χ3n) is 3.11. The van der Waals surface area contributed by atoms with Crippen LogP contribution in [0.5, 0.6) is 0 Å². The van der Waals surface area contributed by atoms with Crippen molar-refractivity contribution < 1.29 is 23.5 Å². The topological polar surface area (TPSA) is 113 Å². The Morgan fingerprint density at radius 2 is 2.09 bits per heavy atom. The zero-order valence-corrected chi connectivity index (χ0v) is 13.1. The molecule has 4 atom stereocenters. The predicted octanol–water partition coefficient (Wildman–Crippen LogP) is 2.48. The van der Waals surface area contributed by atoms with Gasteiger partial charge in [0.25, 0.3) is 0 Å². The van der Waals surface area contributed by atoms with Gasteiger partial charge in [-0.3, -0.25) is 4.79 Å². The molecule has 0 saturated heterocycles. The van der Waals surface area contributed by atoms with Crippen LogP contribution in [0.25, 0.3) is 10.4 Å². The lowest BCUT2D eigenvalue weighted by atomic mass is 10.0. The molecule has 0 aromatic rings. The number of hydrogen-bond donors (Lipinski definition) is 1. The minimum atomic E-state index is -1.54. The maximum absolute atomic E-state index is 14.0. The molecular formula is C13H21FN4O4. The van der Waals surface area contributed by atoms with Crippen molar-refractivity contribution in [3.8, 4) is 0 Å². The molecule has 1 N–H and O–H groups in total. The van der Waals surface area contributed by atoms with Crippen LogP contribution < -0.4 is 5.32 Å². The van der Waals surface area contributed by atoms with Crippen molar-refractivity contribution in [2.45, 2.75) is 58.0 Å². The number of esters is 1.